The van der Waals surface area contributed by atoms with E-state index in [-0.39, 0.29) is 29.6 Å². The first-order chi connectivity index (χ1) is 5.70. The number of carbonyl (C=O) groups is 2. The molecule has 0 saturated carbocycles. The van der Waals surface area contributed by atoms with Gasteiger partial charge in [-0.1, -0.05) is 0 Å². The molecule has 13 heavy (non-hydrogen) atoms. The Hall–Kier alpha value is -0.320. The normalized spacial score (nSPS) is 9.08. The molecule has 0 fully saturated rings. The van der Waals surface area contributed by atoms with Crippen molar-refractivity contribution in [3.8, 4) is 0 Å². The van der Waals surface area contributed by atoms with Crippen LogP contribution in [0.25, 0.3) is 0 Å². The summed E-state index contributed by atoms with van der Waals surface area (Å²) in [6, 6.07) is 0. The predicted molar refractivity (Wildman–Crippen MR) is 49.6 cm³/mol. The number of rotatable bonds is 4. The Bertz CT molecular complexity index is 169. The van der Waals surface area contributed by atoms with Crippen LogP contribution in [0, 0.1) is 0 Å². The molecule has 0 aliphatic heterocycles. The average molecular weight is 196 g/mol. The third-order valence-corrected chi connectivity index (χ3v) is 0.929. The van der Waals surface area contributed by atoms with Gasteiger partial charge in [-0.05, 0) is 13.8 Å². The molecule has 70 valence electrons. The van der Waals surface area contributed by atoms with Crippen molar-refractivity contribution in [2.24, 2.45) is 0 Å². The van der Waals surface area contributed by atoms with Gasteiger partial charge in [0.05, 0.1) is 13.2 Å². The number of ether oxygens (including phenoxy) is 2. The Morgan fingerprint density at radius 2 is 1.31 bits per heavy atom. The SMILES string of the molecule is CCOC(=O)C=CC(=O)OCC.[NaH]. The Morgan fingerprint density at radius 1 is 1.00 bits per heavy atom. The van der Waals surface area contributed by atoms with Gasteiger partial charge in [-0.3, -0.25) is 0 Å². The molecule has 0 aliphatic rings. The molecular formula is C8H13NaO4. The summed E-state index contributed by atoms with van der Waals surface area (Å²) in [6.45, 7) is 3.98. The molecule has 0 aliphatic carbocycles. The van der Waals surface area contributed by atoms with Crippen LogP contribution in [-0.4, -0.2) is 54.7 Å². The first-order valence-electron chi connectivity index (χ1n) is 3.72. The summed E-state index contributed by atoms with van der Waals surface area (Å²) in [5.74, 6) is -1.07. The van der Waals surface area contributed by atoms with Crippen molar-refractivity contribution in [2.45, 2.75) is 13.8 Å². The first kappa shape index (κ1) is 15.2. The van der Waals surface area contributed by atoms with Gasteiger partial charge in [-0.2, -0.15) is 0 Å². The van der Waals surface area contributed by atoms with E-state index in [1.165, 1.54) is 0 Å². The summed E-state index contributed by atoms with van der Waals surface area (Å²) >= 11 is 0. The molecule has 0 spiro atoms. The van der Waals surface area contributed by atoms with Crippen molar-refractivity contribution < 1.29 is 19.1 Å². The molecule has 0 radical (unpaired) electrons. The second-order valence-electron chi connectivity index (χ2n) is 1.84. The number of esters is 2. The van der Waals surface area contributed by atoms with Crippen LogP contribution in [0.3, 0.4) is 0 Å². The standard InChI is InChI=1S/C8H12O4.Na.H/c1-3-11-7(9)5-6-8(10)12-4-2;;/h5-6H,3-4H2,1-2H3;;. The summed E-state index contributed by atoms with van der Waals surface area (Å²) in [7, 11) is 0. The third-order valence-electron chi connectivity index (χ3n) is 0.929. The van der Waals surface area contributed by atoms with Gasteiger partial charge >= 0.3 is 41.5 Å². The number of hydrogen-bond acceptors (Lipinski definition) is 4. The zero-order valence-corrected chi connectivity index (χ0v) is 7.20. The van der Waals surface area contributed by atoms with Crippen molar-refractivity contribution in [3.05, 3.63) is 12.2 Å². The fraction of sp³-hybridized carbons (Fsp3) is 0.500. The van der Waals surface area contributed by atoms with Crippen molar-refractivity contribution in [2.75, 3.05) is 13.2 Å². The van der Waals surface area contributed by atoms with Crippen molar-refractivity contribution in [3.63, 3.8) is 0 Å². The van der Waals surface area contributed by atoms with Gasteiger partial charge in [0.2, 0.25) is 0 Å². The molecular weight excluding hydrogens is 183 g/mol. The first-order valence-corrected chi connectivity index (χ1v) is 3.72. The van der Waals surface area contributed by atoms with Crippen molar-refractivity contribution in [1.29, 1.82) is 0 Å². The molecule has 5 heteroatoms. The van der Waals surface area contributed by atoms with Crippen molar-refractivity contribution >= 4 is 41.5 Å². The van der Waals surface area contributed by atoms with E-state index >= 15 is 0 Å². The van der Waals surface area contributed by atoms with E-state index in [1.807, 2.05) is 0 Å². The molecule has 0 bridgehead atoms. The minimum atomic E-state index is -0.537. The third kappa shape index (κ3) is 9.60. The molecule has 0 atom stereocenters. The molecule has 0 amide bonds. The second-order valence-corrected chi connectivity index (χ2v) is 1.84. The summed E-state index contributed by atoms with van der Waals surface area (Å²) in [5.41, 5.74) is 0. The molecule has 0 saturated heterocycles. The Balaban J connectivity index is 0. The van der Waals surface area contributed by atoms with E-state index in [9.17, 15) is 9.59 Å². The van der Waals surface area contributed by atoms with E-state index in [4.69, 9.17) is 0 Å². The minimum absolute atomic E-state index is 0. The summed E-state index contributed by atoms with van der Waals surface area (Å²) < 4.78 is 9.07. The monoisotopic (exact) mass is 196 g/mol. The van der Waals surface area contributed by atoms with E-state index < -0.39 is 11.9 Å². The van der Waals surface area contributed by atoms with Gasteiger partial charge in [-0.25, -0.2) is 9.59 Å². The fourth-order valence-electron chi connectivity index (χ4n) is 0.517. The maximum atomic E-state index is 10.6. The zero-order valence-electron chi connectivity index (χ0n) is 7.20. The van der Waals surface area contributed by atoms with Crippen LogP contribution < -0.4 is 0 Å². The van der Waals surface area contributed by atoms with Crippen LogP contribution in [0.4, 0.5) is 0 Å². The van der Waals surface area contributed by atoms with Gasteiger partial charge in [0.25, 0.3) is 0 Å². The van der Waals surface area contributed by atoms with Crippen LogP contribution in [0.2, 0.25) is 0 Å². The van der Waals surface area contributed by atoms with Crippen LogP contribution >= 0.6 is 0 Å². The molecule has 0 heterocycles. The molecule has 4 nitrogen and oxygen atoms in total. The average Bonchev–Trinajstić information content (AvgIpc) is 2.02. The maximum absolute atomic E-state index is 10.6. The van der Waals surface area contributed by atoms with E-state index in [0.29, 0.717) is 13.2 Å². The van der Waals surface area contributed by atoms with Crippen molar-refractivity contribution in [1.82, 2.24) is 0 Å². The summed E-state index contributed by atoms with van der Waals surface area (Å²) in [5, 5.41) is 0. The van der Waals surface area contributed by atoms with Gasteiger partial charge in [0.1, 0.15) is 0 Å². The molecule has 0 aromatic carbocycles. The predicted octanol–water partition coefficient (Wildman–Crippen LogP) is 0.0203. The number of hydrogen-bond donors (Lipinski definition) is 0. The quantitative estimate of drug-likeness (QED) is 0.361. The van der Waals surface area contributed by atoms with Gasteiger partial charge in [-0.15, -0.1) is 0 Å². The molecule has 0 rings (SSSR count). The van der Waals surface area contributed by atoms with Gasteiger partial charge in [0, 0.05) is 12.2 Å². The molecule has 0 aromatic rings. The topological polar surface area (TPSA) is 52.6 Å². The molecule has 0 unspecified atom stereocenters. The number of carbonyl (C=O) groups excluding carboxylic acids is 2. The van der Waals surface area contributed by atoms with Crippen LogP contribution in [0.1, 0.15) is 13.8 Å². The van der Waals surface area contributed by atoms with Crippen LogP contribution in [-0.2, 0) is 19.1 Å². The van der Waals surface area contributed by atoms with Crippen LogP contribution in [0.5, 0.6) is 0 Å². The van der Waals surface area contributed by atoms with E-state index in [0.717, 1.165) is 12.2 Å². The molecule has 0 N–H and O–H groups in total. The van der Waals surface area contributed by atoms with Gasteiger partial charge < -0.3 is 9.47 Å². The van der Waals surface area contributed by atoms with E-state index in [1.54, 1.807) is 13.8 Å². The fourth-order valence-corrected chi connectivity index (χ4v) is 0.517. The Labute approximate surface area is 99.6 Å². The Morgan fingerprint density at radius 3 is 1.54 bits per heavy atom. The van der Waals surface area contributed by atoms with Crippen LogP contribution in [0.15, 0.2) is 12.2 Å². The zero-order chi connectivity index (χ0) is 9.40. The van der Waals surface area contributed by atoms with E-state index in [2.05, 4.69) is 9.47 Å². The Kier molecular flexibility index (Phi) is 11.4. The molecule has 0 aromatic heterocycles. The summed E-state index contributed by atoms with van der Waals surface area (Å²) in [6.07, 6.45) is 2.09. The second kappa shape index (κ2) is 9.77. The summed E-state index contributed by atoms with van der Waals surface area (Å²) in [4.78, 5) is 21.3. The van der Waals surface area contributed by atoms with Gasteiger partial charge in [0.15, 0.2) is 0 Å².